The maximum atomic E-state index is 12.5. The highest BCUT2D eigenvalue weighted by Gasteiger charge is 2.35. The molecule has 2 heterocycles. The summed E-state index contributed by atoms with van der Waals surface area (Å²) in [6, 6.07) is 8.00. The van der Waals surface area contributed by atoms with Crippen LogP contribution in [0.25, 0.3) is 10.6 Å². The van der Waals surface area contributed by atoms with Crippen LogP contribution in [-0.4, -0.2) is 52.9 Å². The highest BCUT2D eigenvalue weighted by molar-refractivity contribution is 8.07. The molecule has 1 aliphatic carbocycles. The minimum atomic E-state index is -0.418. The molecule has 0 saturated carbocycles. The van der Waals surface area contributed by atoms with Crippen LogP contribution in [-0.2, 0) is 16.1 Å². The van der Waals surface area contributed by atoms with E-state index in [1.54, 1.807) is 18.9 Å². The summed E-state index contributed by atoms with van der Waals surface area (Å²) in [4.78, 5) is 12.5. The fraction of sp³-hybridized carbons (Fsp3) is 0.400. The minimum absolute atomic E-state index is 0.254. The molecule has 1 aliphatic heterocycles. The number of esters is 1. The van der Waals surface area contributed by atoms with Crippen molar-refractivity contribution in [1.82, 2.24) is 25.8 Å². The lowest BCUT2D eigenvalue weighted by Gasteiger charge is -2.25. The van der Waals surface area contributed by atoms with E-state index in [4.69, 9.17) is 9.47 Å². The number of methoxy groups -OCH3 is 1. The average molecular weight is 414 g/mol. The van der Waals surface area contributed by atoms with Gasteiger partial charge >= 0.3 is 5.97 Å². The molecule has 0 radical (unpaired) electrons. The molecule has 4 rings (SSSR count). The Morgan fingerprint density at radius 2 is 2.10 bits per heavy atom. The third-order valence-electron chi connectivity index (χ3n) is 5.09. The van der Waals surface area contributed by atoms with Gasteiger partial charge in [-0.2, -0.15) is 0 Å². The summed E-state index contributed by atoms with van der Waals surface area (Å²) >= 11 is 1.56. The Balaban J connectivity index is 1.70. The molecular weight excluding hydrogens is 390 g/mol. The molecule has 152 valence electrons. The standard InChI is InChI=1S/C20H23N5O3S/c1-4-28-20(26)15-9-13-11-25(10-12-5-7-14(27-2)8-6-12)23-19(29-3)18-16(13)17(15)21-24-22-18/h5-8,15,23H,4,9-11H2,1-3H3. The summed E-state index contributed by atoms with van der Waals surface area (Å²) in [7, 11) is 1.66. The molecule has 2 aliphatic rings. The van der Waals surface area contributed by atoms with Crippen molar-refractivity contribution in [3.63, 3.8) is 0 Å². The van der Waals surface area contributed by atoms with E-state index in [9.17, 15) is 4.79 Å². The smallest absolute Gasteiger partial charge is 0.315 e. The number of benzene rings is 1. The number of hydrogen-bond acceptors (Lipinski definition) is 9. The normalized spacial score (nSPS) is 18.1. The number of aromatic nitrogens is 3. The van der Waals surface area contributed by atoms with Crippen molar-refractivity contribution in [2.45, 2.75) is 25.8 Å². The van der Waals surface area contributed by atoms with Gasteiger partial charge in [0.15, 0.2) is 0 Å². The quantitative estimate of drug-likeness (QED) is 0.681. The van der Waals surface area contributed by atoms with Gasteiger partial charge in [-0.15, -0.1) is 22.0 Å². The van der Waals surface area contributed by atoms with E-state index < -0.39 is 5.92 Å². The molecule has 1 aromatic heterocycles. The number of carbonyl (C=O) groups excluding carboxylic acids is 1. The van der Waals surface area contributed by atoms with Crippen molar-refractivity contribution in [1.29, 1.82) is 0 Å². The molecule has 29 heavy (non-hydrogen) atoms. The first-order valence-corrected chi connectivity index (χ1v) is 10.7. The molecule has 0 spiro atoms. The van der Waals surface area contributed by atoms with E-state index in [0.29, 0.717) is 31.8 Å². The third-order valence-corrected chi connectivity index (χ3v) is 5.78. The van der Waals surface area contributed by atoms with Crippen LogP contribution in [0.4, 0.5) is 0 Å². The summed E-state index contributed by atoms with van der Waals surface area (Å²) in [6.07, 6.45) is 2.56. The average Bonchev–Trinajstić information content (AvgIpc) is 3.03. The van der Waals surface area contributed by atoms with Gasteiger partial charge in [0.1, 0.15) is 22.0 Å². The van der Waals surface area contributed by atoms with Crippen molar-refractivity contribution in [3.05, 3.63) is 46.1 Å². The van der Waals surface area contributed by atoms with E-state index in [2.05, 4.69) is 25.8 Å². The van der Waals surface area contributed by atoms with Gasteiger partial charge in [0.25, 0.3) is 0 Å². The van der Waals surface area contributed by atoms with Crippen LogP contribution in [0.15, 0.2) is 24.3 Å². The lowest BCUT2D eigenvalue weighted by atomic mass is 10.0. The van der Waals surface area contributed by atoms with E-state index in [-0.39, 0.29) is 5.97 Å². The van der Waals surface area contributed by atoms with Crippen molar-refractivity contribution in [2.75, 3.05) is 26.5 Å². The number of rotatable bonds is 6. The first-order chi connectivity index (χ1) is 14.1. The monoisotopic (exact) mass is 413 g/mol. The number of thioether (sulfide) groups is 1. The highest BCUT2D eigenvalue weighted by atomic mass is 32.2. The Morgan fingerprint density at radius 1 is 1.31 bits per heavy atom. The maximum absolute atomic E-state index is 12.5. The van der Waals surface area contributed by atoms with Crippen LogP contribution < -0.4 is 20.7 Å². The largest absolute Gasteiger partial charge is 0.497 e. The number of carbonyl (C=O) groups is 1. The van der Waals surface area contributed by atoms with Gasteiger partial charge in [0.2, 0.25) is 0 Å². The highest BCUT2D eigenvalue weighted by Crippen LogP contribution is 2.29. The zero-order valence-corrected chi connectivity index (χ0v) is 17.5. The third kappa shape index (κ3) is 3.79. The Kier molecular flexibility index (Phi) is 5.68. The molecule has 0 amide bonds. The molecule has 2 aromatic rings. The fourth-order valence-electron chi connectivity index (χ4n) is 3.77. The first-order valence-electron chi connectivity index (χ1n) is 9.45. The second kappa shape index (κ2) is 8.38. The topological polar surface area (TPSA) is 89.5 Å². The van der Waals surface area contributed by atoms with Crippen molar-refractivity contribution < 1.29 is 14.3 Å². The second-order valence-electron chi connectivity index (χ2n) is 6.86. The van der Waals surface area contributed by atoms with E-state index in [1.165, 1.54) is 0 Å². The van der Waals surface area contributed by atoms with Gasteiger partial charge < -0.3 is 14.9 Å². The molecule has 9 heteroatoms. The van der Waals surface area contributed by atoms with Gasteiger partial charge in [0.05, 0.1) is 19.4 Å². The van der Waals surface area contributed by atoms with Gasteiger partial charge in [-0.05, 0) is 48.1 Å². The summed E-state index contributed by atoms with van der Waals surface area (Å²) < 4.78 is 10.5. The van der Waals surface area contributed by atoms with Gasteiger partial charge in [-0.3, -0.25) is 4.79 Å². The molecule has 1 aromatic carbocycles. The zero-order chi connectivity index (χ0) is 20.4. The van der Waals surface area contributed by atoms with Crippen molar-refractivity contribution in [3.8, 4) is 5.75 Å². The predicted octanol–water partition coefficient (Wildman–Crippen LogP) is 0.530. The van der Waals surface area contributed by atoms with Crippen LogP contribution in [0.2, 0.25) is 0 Å². The van der Waals surface area contributed by atoms with Crippen LogP contribution in [0.5, 0.6) is 5.75 Å². The zero-order valence-electron chi connectivity index (χ0n) is 16.6. The van der Waals surface area contributed by atoms with Crippen LogP contribution in [0, 0.1) is 0 Å². The molecule has 0 bridgehead atoms. The molecule has 0 saturated heterocycles. The predicted molar refractivity (Wildman–Crippen MR) is 110 cm³/mol. The molecular formula is C20H23N5O3S. The molecule has 8 nitrogen and oxygen atoms in total. The van der Waals surface area contributed by atoms with Gasteiger partial charge in [-0.25, -0.2) is 5.01 Å². The van der Waals surface area contributed by atoms with Crippen molar-refractivity contribution >= 4 is 28.3 Å². The van der Waals surface area contributed by atoms with E-state index >= 15 is 0 Å². The van der Waals surface area contributed by atoms with Gasteiger partial charge in [0, 0.05) is 18.3 Å². The number of ether oxygens (including phenoxy) is 2. The summed E-state index contributed by atoms with van der Waals surface area (Å²) in [6.45, 7) is 3.50. The Bertz CT molecular complexity index is 1040. The van der Waals surface area contributed by atoms with Crippen LogP contribution in [0.1, 0.15) is 30.5 Å². The maximum Gasteiger partial charge on any atom is 0.315 e. The van der Waals surface area contributed by atoms with Gasteiger partial charge in [-0.1, -0.05) is 12.1 Å². The van der Waals surface area contributed by atoms with Crippen LogP contribution >= 0.6 is 11.8 Å². The number of nitrogens with one attached hydrogen (secondary N) is 1. The molecule has 0 fully saturated rings. The fourth-order valence-corrected chi connectivity index (χ4v) is 4.33. The minimum Gasteiger partial charge on any atom is -0.497 e. The molecule has 1 atom stereocenters. The SMILES string of the molecule is CCOC(=O)C1CC2=c3c1nnnc3=C(SC)NN(Cc1ccc(OC)cc1)C2. The van der Waals surface area contributed by atoms with E-state index in [1.807, 2.05) is 37.4 Å². The Morgan fingerprint density at radius 3 is 2.79 bits per heavy atom. The second-order valence-corrected chi connectivity index (χ2v) is 7.68. The number of hydrazine groups is 1. The lowest BCUT2D eigenvalue weighted by Crippen LogP contribution is -2.40. The summed E-state index contributed by atoms with van der Waals surface area (Å²) in [5, 5.41) is 17.1. The summed E-state index contributed by atoms with van der Waals surface area (Å²) in [5.74, 6) is 0.157. The first kappa shape index (κ1) is 19.7. The lowest BCUT2D eigenvalue weighted by molar-refractivity contribution is -0.144. The number of nitrogens with zero attached hydrogens (tertiary/aromatic N) is 4. The van der Waals surface area contributed by atoms with E-state index in [0.717, 1.165) is 32.5 Å². The van der Waals surface area contributed by atoms with Crippen molar-refractivity contribution in [2.24, 2.45) is 0 Å². The number of hydrogen-bond donors (Lipinski definition) is 1. The molecule has 1 N–H and O–H groups in total. The summed E-state index contributed by atoms with van der Waals surface area (Å²) in [5.41, 5.74) is 6.42. The van der Waals surface area contributed by atoms with Crippen LogP contribution in [0.3, 0.4) is 0 Å². The Labute approximate surface area is 172 Å². The Hall–Kier alpha value is -2.65. The molecule has 1 unspecified atom stereocenters.